The summed E-state index contributed by atoms with van der Waals surface area (Å²) in [5.41, 5.74) is 5.35. The average molecular weight is 307 g/mol. The third-order valence-corrected chi connectivity index (χ3v) is 3.84. The van der Waals surface area contributed by atoms with E-state index >= 15 is 0 Å². The summed E-state index contributed by atoms with van der Waals surface area (Å²) >= 11 is 11.6. The summed E-state index contributed by atoms with van der Waals surface area (Å²) in [5.74, 6) is 0.0797. The molecule has 0 fully saturated rings. The van der Waals surface area contributed by atoms with Crippen molar-refractivity contribution in [3.05, 3.63) is 32.3 Å². The summed E-state index contributed by atoms with van der Waals surface area (Å²) in [6.45, 7) is 4.06. The first kappa shape index (κ1) is 16.0. The molecule has 0 heterocycles. The molecular formula is C12H16Cl2N2O3. The number of nitro groups is 1. The van der Waals surface area contributed by atoms with Crippen molar-refractivity contribution in [1.82, 2.24) is 0 Å². The van der Waals surface area contributed by atoms with Crippen LogP contribution < -0.4 is 10.5 Å². The van der Waals surface area contributed by atoms with E-state index in [1.54, 1.807) is 0 Å². The molecule has 7 heteroatoms. The molecule has 0 atom stereocenters. The lowest BCUT2D eigenvalue weighted by Crippen LogP contribution is -2.44. The predicted octanol–water partition coefficient (Wildman–Crippen LogP) is 3.80. The SMILES string of the molecule is CCC(N)(CC)COc1cc(Cl)c(Cl)cc1[N+](=O)[O-]. The first-order valence-corrected chi connectivity index (χ1v) is 6.63. The zero-order valence-corrected chi connectivity index (χ0v) is 12.3. The van der Waals surface area contributed by atoms with Crippen LogP contribution in [-0.2, 0) is 0 Å². The van der Waals surface area contributed by atoms with Crippen LogP contribution in [0.2, 0.25) is 10.0 Å². The number of benzene rings is 1. The Bertz CT molecular complexity index is 476. The van der Waals surface area contributed by atoms with Crippen molar-refractivity contribution in [2.45, 2.75) is 32.2 Å². The largest absolute Gasteiger partial charge is 0.485 e. The molecule has 1 aromatic rings. The Morgan fingerprint density at radius 3 is 2.32 bits per heavy atom. The number of nitrogens with two attached hydrogens (primary N) is 1. The minimum Gasteiger partial charge on any atom is -0.485 e. The number of hydrogen-bond donors (Lipinski definition) is 1. The van der Waals surface area contributed by atoms with Crippen molar-refractivity contribution >= 4 is 28.9 Å². The van der Waals surface area contributed by atoms with Gasteiger partial charge in [-0.15, -0.1) is 0 Å². The summed E-state index contributed by atoms with van der Waals surface area (Å²) < 4.78 is 5.47. The van der Waals surface area contributed by atoms with Crippen molar-refractivity contribution < 1.29 is 9.66 Å². The molecule has 0 aliphatic carbocycles. The van der Waals surface area contributed by atoms with E-state index in [4.69, 9.17) is 33.7 Å². The Kier molecular flexibility index (Phi) is 5.40. The lowest BCUT2D eigenvalue weighted by Gasteiger charge is -2.26. The maximum absolute atomic E-state index is 10.9. The summed E-state index contributed by atoms with van der Waals surface area (Å²) in [5, 5.41) is 11.3. The van der Waals surface area contributed by atoms with Gasteiger partial charge in [0.15, 0.2) is 5.75 Å². The summed E-state index contributed by atoms with van der Waals surface area (Å²) in [4.78, 5) is 10.4. The van der Waals surface area contributed by atoms with Gasteiger partial charge < -0.3 is 10.5 Å². The summed E-state index contributed by atoms with van der Waals surface area (Å²) in [6.07, 6.45) is 1.41. The van der Waals surface area contributed by atoms with E-state index in [1.807, 2.05) is 13.8 Å². The van der Waals surface area contributed by atoms with Crippen LogP contribution in [0.1, 0.15) is 26.7 Å². The van der Waals surface area contributed by atoms with E-state index in [0.29, 0.717) is 12.8 Å². The molecule has 0 aliphatic rings. The van der Waals surface area contributed by atoms with Crippen molar-refractivity contribution in [3.8, 4) is 5.75 Å². The lowest BCUT2D eigenvalue weighted by atomic mass is 9.96. The van der Waals surface area contributed by atoms with Crippen LogP contribution in [0.15, 0.2) is 12.1 Å². The smallest absolute Gasteiger partial charge is 0.312 e. The third-order valence-electron chi connectivity index (χ3n) is 3.12. The van der Waals surface area contributed by atoms with Crippen molar-refractivity contribution in [2.75, 3.05) is 6.61 Å². The Balaban J connectivity index is 3.00. The highest BCUT2D eigenvalue weighted by Crippen LogP contribution is 2.36. The molecular weight excluding hydrogens is 291 g/mol. The number of nitro benzene ring substituents is 1. The van der Waals surface area contributed by atoms with Crippen LogP contribution in [-0.4, -0.2) is 17.1 Å². The number of ether oxygens (including phenoxy) is 1. The van der Waals surface area contributed by atoms with Gasteiger partial charge in [-0.05, 0) is 12.8 Å². The second kappa shape index (κ2) is 6.41. The second-order valence-electron chi connectivity index (χ2n) is 4.35. The van der Waals surface area contributed by atoms with E-state index in [-0.39, 0.29) is 28.1 Å². The van der Waals surface area contributed by atoms with Crippen LogP contribution >= 0.6 is 23.2 Å². The molecule has 1 aromatic carbocycles. The molecule has 1 rings (SSSR count). The Labute approximate surface area is 121 Å². The molecule has 0 aliphatic heterocycles. The van der Waals surface area contributed by atoms with Gasteiger partial charge >= 0.3 is 5.69 Å². The van der Waals surface area contributed by atoms with Gasteiger partial charge in [-0.2, -0.15) is 0 Å². The Morgan fingerprint density at radius 2 is 1.84 bits per heavy atom. The first-order valence-electron chi connectivity index (χ1n) is 5.88. The normalized spacial score (nSPS) is 11.4. The fourth-order valence-electron chi connectivity index (χ4n) is 1.45. The highest BCUT2D eigenvalue weighted by atomic mass is 35.5. The monoisotopic (exact) mass is 306 g/mol. The lowest BCUT2D eigenvalue weighted by molar-refractivity contribution is -0.385. The number of hydrogen-bond acceptors (Lipinski definition) is 4. The number of nitrogens with zero attached hydrogens (tertiary/aromatic N) is 1. The molecule has 0 unspecified atom stereocenters. The maximum Gasteiger partial charge on any atom is 0.312 e. The quantitative estimate of drug-likeness (QED) is 0.640. The summed E-state index contributed by atoms with van der Waals surface area (Å²) in [6, 6.07) is 2.52. The molecule has 0 saturated carbocycles. The number of rotatable bonds is 6. The van der Waals surface area contributed by atoms with Gasteiger partial charge in [-0.1, -0.05) is 37.0 Å². The predicted molar refractivity (Wildman–Crippen MR) is 76.1 cm³/mol. The van der Waals surface area contributed by atoms with Gasteiger partial charge in [0.1, 0.15) is 6.61 Å². The van der Waals surface area contributed by atoms with Crippen molar-refractivity contribution in [1.29, 1.82) is 0 Å². The van der Waals surface area contributed by atoms with E-state index in [2.05, 4.69) is 0 Å². The van der Waals surface area contributed by atoms with Gasteiger partial charge in [0.2, 0.25) is 0 Å². The zero-order chi connectivity index (χ0) is 14.6. The van der Waals surface area contributed by atoms with Gasteiger partial charge in [0, 0.05) is 17.7 Å². The maximum atomic E-state index is 10.9. The topological polar surface area (TPSA) is 78.4 Å². The van der Waals surface area contributed by atoms with E-state index in [1.165, 1.54) is 12.1 Å². The molecule has 0 amide bonds. The van der Waals surface area contributed by atoms with Crippen LogP contribution in [0, 0.1) is 10.1 Å². The fourth-order valence-corrected chi connectivity index (χ4v) is 1.76. The first-order chi connectivity index (χ1) is 8.83. The van der Waals surface area contributed by atoms with E-state index in [9.17, 15) is 10.1 Å². The van der Waals surface area contributed by atoms with Gasteiger partial charge in [-0.25, -0.2) is 0 Å². The molecule has 0 radical (unpaired) electrons. The molecule has 0 saturated heterocycles. The molecule has 0 bridgehead atoms. The molecule has 2 N–H and O–H groups in total. The van der Waals surface area contributed by atoms with Crippen LogP contribution in [0.3, 0.4) is 0 Å². The van der Waals surface area contributed by atoms with Crippen LogP contribution in [0.4, 0.5) is 5.69 Å². The van der Waals surface area contributed by atoms with Gasteiger partial charge in [0.25, 0.3) is 0 Å². The molecule has 106 valence electrons. The van der Waals surface area contributed by atoms with Gasteiger partial charge in [0.05, 0.1) is 15.0 Å². The average Bonchev–Trinajstić information content (AvgIpc) is 2.39. The third kappa shape index (κ3) is 3.96. The highest BCUT2D eigenvalue weighted by Gasteiger charge is 2.24. The van der Waals surface area contributed by atoms with Crippen molar-refractivity contribution in [2.24, 2.45) is 5.73 Å². The van der Waals surface area contributed by atoms with Crippen molar-refractivity contribution in [3.63, 3.8) is 0 Å². The van der Waals surface area contributed by atoms with Gasteiger partial charge in [-0.3, -0.25) is 10.1 Å². The van der Waals surface area contributed by atoms with Crippen LogP contribution in [0.5, 0.6) is 5.75 Å². The Morgan fingerprint density at radius 1 is 1.32 bits per heavy atom. The second-order valence-corrected chi connectivity index (χ2v) is 5.16. The minimum absolute atomic E-state index is 0.0797. The molecule has 19 heavy (non-hydrogen) atoms. The molecule has 5 nitrogen and oxygen atoms in total. The van der Waals surface area contributed by atoms with Crippen LogP contribution in [0.25, 0.3) is 0 Å². The number of halogens is 2. The summed E-state index contributed by atoms with van der Waals surface area (Å²) in [7, 11) is 0. The fraction of sp³-hybridized carbons (Fsp3) is 0.500. The highest BCUT2D eigenvalue weighted by molar-refractivity contribution is 6.42. The minimum atomic E-state index is -0.562. The standard InChI is InChI=1S/C12H16Cl2N2O3/c1-3-12(15,4-2)7-19-11-6-9(14)8(13)5-10(11)16(17)18/h5-6H,3-4,7,15H2,1-2H3. The van der Waals surface area contributed by atoms with E-state index < -0.39 is 10.5 Å². The van der Waals surface area contributed by atoms with E-state index in [0.717, 1.165) is 0 Å². The molecule has 0 spiro atoms. The zero-order valence-electron chi connectivity index (χ0n) is 10.8. The molecule has 0 aromatic heterocycles. The Hall–Kier alpha value is -1.04.